The quantitative estimate of drug-likeness (QED) is 0.423. The van der Waals surface area contributed by atoms with Gasteiger partial charge in [0.1, 0.15) is 4.90 Å². The lowest BCUT2D eigenvalue weighted by molar-refractivity contribution is 0.0706. The molecule has 3 aromatic rings. The highest BCUT2D eigenvalue weighted by Gasteiger charge is 2.35. The van der Waals surface area contributed by atoms with Gasteiger partial charge in [-0.05, 0) is 47.9 Å². The Balaban J connectivity index is 1.62. The van der Waals surface area contributed by atoms with Crippen LogP contribution in [0.4, 0.5) is 5.69 Å². The van der Waals surface area contributed by atoms with Crippen LogP contribution < -0.4 is 10.4 Å². The maximum absolute atomic E-state index is 13.3. The molecular weight excluding hydrogens is 450 g/mol. The molecule has 0 saturated carbocycles. The molecule has 0 fully saturated rings. The van der Waals surface area contributed by atoms with E-state index in [9.17, 15) is 13.2 Å². The number of halogens is 1. The molecule has 4 rings (SSSR count). The molecule has 0 saturated heterocycles. The van der Waals surface area contributed by atoms with Gasteiger partial charge in [0.25, 0.3) is 5.91 Å². The SMILES string of the molecule is O=C(NO)c1ccc(CN2CN(CCc3ccccc3)S(=O)(=O)c3cc(Cl)ccc32)cc1. The third kappa shape index (κ3) is 4.63. The number of hydrogen-bond acceptors (Lipinski definition) is 5. The predicted octanol–water partition coefficient (Wildman–Crippen LogP) is 3.67. The van der Waals surface area contributed by atoms with Crippen molar-refractivity contribution in [2.45, 2.75) is 17.9 Å². The summed E-state index contributed by atoms with van der Waals surface area (Å²) in [5.74, 6) is -0.590. The Hall–Kier alpha value is -2.91. The second-order valence-electron chi connectivity index (χ2n) is 7.51. The molecule has 0 atom stereocenters. The van der Waals surface area contributed by atoms with Crippen molar-refractivity contribution in [3.05, 3.63) is 94.5 Å². The molecule has 3 aromatic carbocycles. The van der Waals surface area contributed by atoms with Crippen molar-refractivity contribution in [1.82, 2.24) is 9.79 Å². The zero-order valence-corrected chi connectivity index (χ0v) is 18.7. The smallest absolute Gasteiger partial charge is 0.274 e. The summed E-state index contributed by atoms with van der Waals surface area (Å²) >= 11 is 6.13. The van der Waals surface area contributed by atoms with Crippen LogP contribution in [0.15, 0.2) is 77.7 Å². The normalized spacial score (nSPS) is 15.2. The largest absolute Gasteiger partial charge is 0.352 e. The fourth-order valence-corrected chi connectivity index (χ4v) is 5.58. The summed E-state index contributed by atoms with van der Waals surface area (Å²) in [5.41, 5.74) is 4.47. The molecule has 166 valence electrons. The van der Waals surface area contributed by atoms with E-state index in [-0.39, 0.29) is 11.6 Å². The number of benzene rings is 3. The van der Waals surface area contributed by atoms with Gasteiger partial charge in [-0.3, -0.25) is 10.0 Å². The minimum atomic E-state index is -3.70. The van der Waals surface area contributed by atoms with E-state index in [0.29, 0.717) is 35.8 Å². The van der Waals surface area contributed by atoms with E-state index in [1.54, 1.807) is 41.9 Å². The van der Waals surface area contributed by atoms with Crippen molar-refractivity contribution in [1.29, 1.82) is 0 Å². The van der Waals surface area contributed by atoms with Crippen LogP contribution in [-0.2, 0) is 23.0 Å². The number of carbonyl (C=O) groups is 1. The number of hydroxylamine groups is 1. The van der Waals surface area contributed by atoms with Gasteiger partial charge in [0, 0.05) is 23.7 Å². The van der Waals surface area contributed by atoms with Gasteiger partial charge in [-0.25, -0.2) is 13.9 Å². The van der Waals surface area contributed by atoms with E-state index >= 15 is 0 Å². The van der Waals surface area contributed by atoms with Crippen LogP contribution in [0.25, 0.3) is 0 Å². The first kappa shape index (κ1) is 22.3. The molecule has 9 heteroatoms. The fourth-order valence-electron chi connectivity index (χ4n) is 3.71. The number of fused-ring (bicyclic) bond motifs is 1. The van der Waals surface area contributed by atoms with E-state index < -0.39 is 15.9 Å². The van der Waals surface area contributed by atoms with Crippen LogP contribution in [-0.4, -0.2) is 37.1 Å². The van der Waals surface area contributed by atoms with Crippen molar-refractivity contribution in [2.24, 2.45) is 0 Å². The number of sulfonamides is 1. The van der Waals surface area contributed by atoms with E-state index in [1.807, 2.05) is 35.2 Å². The van der Waals surface area contributed by atoms with Crippen molar-refractivity contribution in [3.63, 3.8) is 0 Å². The minimum Gasteiger partial charge on any atom is -0.352 e. The molecule has 0 unspecified atom stereocenters. The van der Waals surface area contributed by atoms with Crippen LogP contribution in [0.5, 0.6) is 0 Å². The Kier molecular flexibility index (Phi) is 6.48. The lowest BCUT2D eigenvalue weighted by Gasteiger charge is -2.38. The first-order valence-electron chi connectivity index (χ1n) is 10.0. The number of rotatable bonds is 6. The van der Waals surface area contributed by atoms with Crippen LogP contribution >= 0.6 is 11.6 Å². The van der Waals surface area contributed by atoms with Crippen molar-refractivity contribution >= 4 is 33.2 Å². The van der Waals surface area contributed by atoms with Crippen molar-refractivity contribution in [3.8, 4) is 0 Å². The third-order valence-corrected chi connectivity index (χ3v) is 7.49. The number of nitrogens with zero attached hydrogens (tertiary/aromatic N) is 2. The van der Waals surface area contributed by atoms with Crippen LogP contribution in [0.1, 0.15) is 21.5 Å². The molecule has 0 radical (unpaired) electrons. The molecule has 0 spiro atoms. The predicted molar refractivity (Wildman–Crippen MR) is 122 cm³/mol. The number of hydrogen-bond donors (Lipinski definition) is 2. The maximum Gasteiger partial charge on any atom is 0.274 e. The molecule has 1 aliphatic heterocycles. The van der Waals surface area contributed by atoms with Gasteiger partial charge >= 0.3 is 0 Å². The Labute approximate surface area is 191 Å². The van der Waals surface area contributed by atoms with Crippen molar-refractivity contribution < 1.29 is 18.4 Å². The van der Waals surface area contributed by atoms with Gasteiger partial charge in [0.05, 0.1) is 12.4 Å². The summed E-state index contributed by atoms with van der Waals surface area (Å²) in [4.78, 5) is 13.7. The first-order chi connectivity index (χ1) is 15.4. The lowest BCUT2D eigenvalue weighted by atomic mass is 10.1. The average Bonchev–Trinajstić information content (AvgIpc) is 2.81. The number of amides is 1. The topological polar surface area (TPSA) is 89.9 Å². The second-order valence-corrected chi connectivity index (χ2v) is 9.85. The molecule has 1 heterocycles. The Morgan fingerprint density at radius 3 is 2.41 bits per heavy atom. The zero-order chi connectivity index (χ0) is 22.7. The van der Waals surface area contributed by atoms with Crippen molar-refractivity contribution in [2.75, 3.05) is 18.1 Å². The zero-order valence-electron chi connectivity index (χ0n) is 17.1. The molecule has 1 amide bonds. The molecule has 1 aliphatic rings. The third-order valence-electron chi connectivity index (χ3n) is 5.39. The Bertz CT molecular complexity index is 1220. The van der Waals surface area contributed by atoms with Crippen LogP contribution in [0, 0.1) is 0 Å². The van der Waals surface area contributed by atoms with Gasteiger partial charge in [-0.1, -0.05) is 54.1 Å². The van der Waals surface area contributed by atoms with Gasteiger partial charge in [0.2, 0.25) is 10.0 Å². The molecular formula is C23H22ClN3O4S. The average molecular weight is 472 g/mol. The molecule has 0 aliphatic carbocycles. The monoisotopic (exact) mass is 471 g/mol. The van der Waals surface area contributed by atoms with Gasteiger partial charge in [0.15, 0.2) is 0 Å². The highest BCUT2D eigenvalue weighted by atomic mass is 35.5. The van der Waals surface area contributed by atoms with Crippen LogP contribution in [0.2, 0.25) is 5.02 Å². The summed E-state index contributed by atoms with van der Waals surface area (Å²) in [6.07, 6.45) is 0.592. The van der Waals surface area contributed by atoms with E-state index in [0.717, 1.165) is 11.1 Å². The number of anilines is 1. The summed E-state index contributed by atoms with van der Waals surface area (Å²) in [6, 6.07) is 21.4. The molecule has 32 heavy (non-hydrogen) atoms. The summed E-state index contributed by atoms with van der Waals surface area (Å²) in [6.45, 7) is 0.972. The van der Waals surface area contributed by atoms with Gasteiger partial charge in [-0.2, -0.15) is 4.31 Å². The molecule has 0 aromatic heterocycles. The summed E-state index contributed by atoms with van der Waals surface area (Å²) in [5, 5.41) is 9.14. The Morgan fingerprint density at radius 2 is 1.72 bits per heavy atom. The highest BCUT2D eigenvalue weighted by molar-refractivity contribution is 7.89. The summed E-state index contributed by atoms with van der Waals surface area (Å²) < 4.78 is 28.1. The molecule has 7 nitrogen and oxygen atoms in total. The minimum absolute atomic E-state index is 0.181. The number of nitrogens with one attached hydrogen (secondary N) is 1. The van der Waals surface area contributed by atoms with E-state index in [1.165, 1.54) is 10.4 Å². The number of carbonyl (C=O) groups excluding carboxylic acids is 1. The van der Waals surface area contributed by atoms with E-state index in [4.69, 9.17) is 16.8 Å². The van der Waals surface area contributed by atoms with Crippen LogP contribution in [0.3, 0.4) is 0 Å². The summed E-state index contributed by atoms with van der Waals surface area (Å²) in [7, 11) is -3.70. The first-order valence-corrected chi connectivity index (χ1v) is 11.8. The molecule has 0 bridgehead atoms. The molecule has 2 N–H and O–H groups in total. The lowest BCUT2D eigenvalue weighted by Crippen LogP contribution is -2.46. The second kappa shape index (κ2) is 9.30. The van der Waals surface area contributed by atoms with Gasteiger partial charge < -0.3 is 4.90 Å². The maximum atomic E-state index is 13.3. The standard InChI is InChI=1S/C23H22ClN3O4S/c24-20-10-11-21-22(14-20)32(30,31)27(13-12-17-4-2-1-3-5-17)16-26(21)15-18-6-8-19(9-7-18)23(28)25-29/h1-11,14,29H,12-13,15-16H2,(H,25,28). The van der Waals surface area contributed by atoms with E-state index in [2.05, 4.69) is 0 Å². The Morgan fingerprint density at radius 1 is 1.00 bits per heavy atom. The van der Waals surface area contributed by atoms with Gasteiger partial charge in [-0.15, -0.1) is 0 Å². The highest BCUT2D eigenvalue weighted by Crippen LogP contribution is 2.36. The fraction of sp³-hybridized carbons (Fsp3) is 0.174.